The van der Waals surface area contributed by atoms with E-state index in [1.807, 2.05) is 0 Å². The number of hydrogen-bond acceptors (Lipinski definition) is 5. The summed E-state index contributed by atoms with van der Waals surface area (Å²) in [6.45, 7) is 4.38. The molecule has 0 aliphatic rings. The molecule has 0 saturated heterocycles. The minimum absolute atomic E-state index is 0.201. The molecule has 0 radical (unpaired) electrons. The van der Waals surface area contributed by atoms with Crippen LogP contribution in [0.3, 0.4) is 0 Å². The van der Waals surface area contributed by atoms with Gasteiger partial charge in [0.15, 0.2) is 6.29 Å². The van der Waals surface area contributed by atoms with Crippen LogP contribution in [0.2, 0.25) is 0 Å². The molecule has 1 N–H and O–H groups in total. The highest BCUT2D eigenvalue weighted by Crippen LogP contribution is 2.00. The zero-order valence-electron chi connectivity index (χ0n) is 10.4. The SMILES string of the molecule is CCCN(CCC(=O)OC)CCC(O)OC. The number of carbonyl (C=O) groups is 1. The van der Waals surface area contributed by atoms with Gasteiger partial charge in [-0.25, -0.2) is 0 Å². The predicted octanol–water partition coefficient (Wildman–Crippen LogP) is 0.616. The molecule has 5 nitrogen and oxygen atoms in total. The topological polar surface area (TPSA) is 59.0 Å². The van der Waals surface area contributed by atoms with Crippen molar-refractivity contribution in [1.82, 2.24) is 4.90 Å². The quantitative estimate of drug-likeness (QED) is 0.467. The molecule has 0 aliphatic heterocycles. The van der Waals surface area contributed by atoms with E-state index >= 15 is 0 Å². The maximum absolute atomic E-state index is 11.0. The lowest BCUT2D eigenvalue weighted by Crippen LogP contribution is -2.31. The third-order valence-electron chi connectivity index (χ3n) is 2.36. The standard InChI is InChI=1S/C11H23NO4/c1-4-7-12(8-5-10(13)15-2)9-6-11(14)16-3/h10,13H,4-9H2,1-3H3. The van der Waals surface area contributed by atoms with Gasteiger partial charge in [0.25, 0.3) is 0 Å². The zero-order valence-corrected chi connectivity index (χ0v) is 10.4. The fraction of sp³-hybridized carbons (Fsp3) is 0.909. The highest BCUT2D eigenvalue weighted by atomic mass is 16.6. The number of hydrogen-bond donors (Lipinski definition) is 1. The van der Waals surface area contributed by atoms with Crippen LogP contribution in [0, 0.1) is 0 Å². The predicted molar refractivity (Wildman–Crippen MR) is 61.0 cm³/mol. The fourth-order valence-corrected chi connectivity index (χ4v) is 1.41. The van der Waals surface area contributed by atoms with Crippen LogP contribution < -0.4 is 0 Å². The van der Waals surface area contributed by atoms with Crippen LogP contribution in [0.5, 0.6) is 0 Å². The second-order valence-electron chi connectivity index (χ2n) is 3.65. The number of methoxy groups -OCH3 is 2. The molecule has 0 aromatic heterocycles. The molecule has 96 valence electrons. The minimum Gasteiger partial charge on any atom is -0.469 e. The third-order valence-corrected chi connectivity index (χ3v) is 2.36. The summed E-state index contributed by atoms with van der Waals surface area (Å²) >= 11 is 0. The van der Waals surface area contributed by atoms with Gasteiger partial charge in [-0.05, 0) is 13.0 Å². The molecule has 1 unspecified atom stereocenters. The van der Waals surface area contributed by atoms with Crippen LogP contribution in [0.15, 0.2) is 0 Å². The van der Waals surface area contributed by atoms with Crippen LogP contribution in [0.25, 0.3) is 0 Å². The van der Waals surface area contributed by atoms with E-state index in [1.54, 1.807) is 0 Å². The molecule has 0 bridgehead atoms. The summed E-state index contributed by atoms with van der Waals surface area (Å²) in [5.74, 6) is -0.201. The molecule has 0 spiro atoms. The Kier molecular flexibility index (Phi) is 9.18. The van der Waals surface area contributed by atoms with Gasteiger partial charge in [-0.3, -0.25) is 4.79 Å². The number of aliphatic hydroxyl groups excluding tert-OH is 1. The Morgan fingerprint density at radius 3 is 2.50 bits per heavy atom. The molecular formula is C11H23NO4. The lowest BCUT2D eigenvalue weighted by Gasteiger charge is -2.22. The number of rotatable bonds is 9. The Balaban J connectivity index is 3.82. The van der Waals surface area contributed by atoms with Crippen molar-refractivity contribution >= 4 is 5.97 Å². The summed E-state index contributed by atoms with van der Waals surface area (Å²) in [6.07, 6.45) is 1.24. The summed E-state index contributed by atoms with van der Waals surface area (Å²) in [4.78, 5) is 13.1. The van der Waals surface area contributed by atoms with Gasteiger partial charge in [-0.15, -0.1) is 0 Å². The van der Waals surface area contributed by atoms with Gasteiger partial charge < -0.3 is 19.5 Å². The Bertz CT molecular complexity index is 187. The molecule has 0 saturated carbocycles. The fourth-order valence-electron chi connectivity index (χ4n) is 1.41. The molecule has 0 aliphatic carbocycles. The summed E-state index contributed by atoms with van der Waals surface area (Å²) in [7, 11) is 2.87. The van der Waals surface area contributed by atoms with Crippen LogP contribution in [-0.4, -0.2) is 56.1 Å². The maximum atomic E-state index is 11.0. The highest BCUT2D eigenvalue weighted by molar-refractivity contribution is 5.69. The highest BCUT2D eigenvalue weighted by Gasteiger charge is 2.10. The maximum Gasteiger partial charge on any atom is 0.306 e. The van der Waals surface area contributed by atoms with E-state index in [0.29, 0.717) is 19.4 Å². The number of nitrogens with zero attached hydrogens (tertiary/aromatic N) is 1. The first-order valence-electron chi connectivity index (χ1n) is 5.64. The average molecular weight is 233 g/mol. The van der Waals surface area contributed by atoms with E-state index < -0.39 is 6.29 Å². The normalized spacial score (nSPS) is 12.8. The lowest BCUT2D eigenvalue weighted by molar-refractivity contribution is -0.141. The number of esters is 1. The van der Waals surface area contributed by atoms with E-state index in [2.05, 4.69) is 16.6 Å². The van der Waals surface area contributed by atoms with Crippen LogP contribution in [-0.2, 0) is 14.3 Å². The second-order valence-corrected chi connectivity index (χ2v) is 3.65. The molecule has 0 fully saturated rings. The van der Waals surface area contributed by atoms with E-state index in [9.17, 15) is 9.90 Å². The lowest BCUT2D eigenvalue weighted by atomic mass is 10.3. The second kappa shape index (κ2) is 9.57. The molecule has 0 amide bonds. The van der Waals surface area contributed by atoms with Gasteiger partial charge in [0, 0.05) is 26.6 Å². The summed E-state index contributed by atoms with van der Waals surface area (Å²) in [6, 6.07) is 0. The largest absolute Gasteiger partial charge is 0.469 e. The van der Waals surface area contributed by atoms with Crippen molar-refractivity contribution in [1.29, 1.82) is 0 Å². The molecule has 0 rings (SSSR count). The van der Waals surface area contributed by atoms with Gasteiger partial charge in [-0.1, -0.05) is 6.92 Å². The monoisotopic (exact) mass is 233 g/mol. The molecule has 0 heterocycles. The van der Waals surface area contributed by atoms with Crippen LogP contribution in [0.4, 0.5) is 0 Å². The number of aliphatic hydroxyl groups is 1. The molecule has 0 aromatic rings. The number of carbonyl (C=O) groups excluding carboxylic acids is 1. The van der Waals surface area contributed by atoms with Gasteiger partial charge in [0.2, 0.25) is 0 Å². The minimum atomic E-state index is -0.725. The molecule has 5 heteroatoms. The van der Waals surface area contributed by atoms with Crippen molar-refractivity contribution in [3.8, 4) is 0 Å². The van der Waals surface area contributed by atoms with Gasteiger partial charge in [0.05, 0.1) is 13.5 Å². The average Bonchev–Trinajstić information content (AvgIpc) is 2.31. The molecule has 1 atom stereocenters. The van der Waals surface area contributed by atoms with E-state index in [0.717, 1.165) is 19.5 Å². The summed E-state index contributed by atoms with van der Waals surface area (Å²) < 4.78 is 9.35. The first kappa shape index (κ1) is 15.3. The molecule has 0 aromatic carbocycles. The van der Waals surface area contributed by atoms with Crippen molar-refractivity contribution in [2.75, 3.05) is 33.9 Å². The van der Waals surface area contributed by atoms with Crippen molar-refractivity contribution in [2.24, 2.45) is 0 Å². The smallest absolute Gasteiger partial charge is 0.306 e. The van der Waals surface area contributed by atoms with Crippen LogP contribution in [0.1, 0.15) is 26.2 Å². The van der Waals surface area contributed by atoms with E-state index in [4.69, 9.17) is 4.74 Å². The Labute approximate surface area is 97.3 Å². The Morgan fingerprint density at radius 1 is 1.31 bits per heavy atom. The van der Waals surface area contributed by atoms with Crippen LogP contribution >= 0.6 is 0 Å². The van der Waals surface area contributed by atoms with Gasteiger partial charge in [0.1, 0.15) is 0 Å². The number of ether oxygens (including phenoxy) is 2. The third kappa shape index (κ3) is 7.62. The summed E-state index contributed by atoms with van der Waals surface area (Å²) in [5, 5.41) is 9.26. The van der Waals surface area contributed by atoms with Gasteiger partial charge in [-0.2, -0.15) is 0 Å². The molecule has 16 heavy (non-hydrogen) atoms. The van der Waals surface area contributed by atoms with Crippen molar-refractivity contribution in [2.45, 2.75) is 32.5 Å². The summed E-state index contributed by atoms with van der Waals surface area (Å²) in [5.41, 5.74) is 0. The first-order chi connectivity index (χ1) is 7.63. The van der Waals surface area contributed by atoms with Crippen molar-refractivity contribution in [3.63, 3.8) is 0 Å². The van der Waals surface area contributed by atoms with E-state index in [-0.39, 0.29) is 5.97 Å². The van der Waals surface area contributed by atoms with Gasteiger partial charge >= 0.3 is 5.97 Å². The van der Waals surface area contributed by atoms with E-state index in [1.165, 1.54) is 14.2 Å². The zero-order chi connectivity index (χ0) is 12.4. The first-order valence-corrected chi connectivity index (χ1v) is 5.64. The Hall–Kier alpha value is -0.650. The Morgan fingerprint density at radius 2 is 2.00 bits per heavy atom. The molecular weight excluding hydrogens is 210 g/mol. The van der Waals surface area contributed by atoms with Crippen molar-refractivity contribution in [3.05, 3.63) is 0 Å². The van der Waals surface area contributed by atoms with Crippen molar-refractivity contribution < 1.29 is 19.4 Å².